The number of halogens is 2. The number of hydrogen-bond acceptors (Lipinski definition) is 1. The highest BCUT2D eigenvalue weighted by Crippen LogP contribution is 2.22. The molecular formula is C11H10Cl2N2. The van der Waals surface area contributed by atoms with E-state index in [-0.39, 0.29) is 4.49 Å². The second kappa shape index (κ2) is 4.17. The van der Waals surface area contributed by atoms with Crippen LogP contribution in [0.2, 0.25) is 0 Å². The predicted octanol–water partition coefficient (Wildman–Crippen LogP) is 3.54. The summed E-state index contributed by atoms with van der Waals surface area (Å²) >= 11 is 11.1. The normalized spacial score (nSPS) is 10.5. The summed E-state index contributed by atoms with van der Waals surface area (Å²) in [7, 11) is 0. The number of nitrogen functional groups attached to an aromatic ring is 1. The topological polar surface area (TPSA) is 30.9 Å². The van der Waals surface area contributed by atoms with Crippen molar-refractivity contribution in [2.75, 3.05) is 5.73 Å². The lowest BCUT2D eigenvalue weighted by Gasteiger charge is -2.03. The third kappa shape index (κ3) is 2.11. The van der Waals surface area contributed by atoms with Crippen LogP contribution in [0, 0.1) is 0 Å². The van der Waals surface area contributed by atoms with Gasteiger partial charge in [0, 0.05) is 18.1 Å². The van der Waals surface area contributed by atoms with E-state index in [1.165, 1.54) is 0 Å². The Bertz CT molecular complexity index is 510. The molecule has 0 radical (unpaired) electrons. The fourth-order valence-electron chi connectivity index (χ4n) is 1.61. The van der Waals surface area contributed by atoms with Gasteiger partial charge in [-0.15, -0.1) is 0 Å². The number of benzene rings is 1. The highest BCUT2D eigenvalue weighted by Gasteiger charge is 2.02. The Kier molecular flexibility index (Phi) is 2.89. The second-order valence-electron chi connectivity index (χ2n) is 3.25. The quantitative estimate of drug-likeness (QED) is 0.801. The molecule has 15 heavy (non-hydrogen) atoms. The Labute approximate surface area is 97.9 Å². The predicted molar refractivity (Wildman–Crippen MR) is 66.1 cm³/mol. The molecule has 0 atom stereocenters. The second-order valence-corrected chi connectivity index (χ2v) is 4.25. The van der Waals surface area contributed by atoms with Gasteiger partial charge in [-0.2, -0.15) is 0 Å². The number of rotatable bonds is 2. The Balaban J connectivity index is 2.48. The molecule has 2 nitrogen and oxygen atoms in total. The molecule has 0 aliphatic heterocycles. The molecule has 1 aromatic carbocycles. The molecule has 0 aliphatic rings. The van der Waals surface area contributed by atoms with Gasteiger partial charge in [0.15, 0.2) is 0 Å². The van der Waals surface area contributed by atoms with Crippen LogP contribution in [0.25, 0.3) is 10.9 Å². The highest BCUT2D eigenvalue weighted by molar-refractivity contribution is 6.55. The maximum absolute atomic E-state index is 5.90. The van der Waals surface area contributed by atoms with Crippen LogP contribution in [0.3, 0.4) is 0 Å². The van der Waals surface area contributed by atoms with Crippen LogP contribution in [-0.4, -0.2) is 4.57 Å². The van der Waals surface area contributed by atoms with Crippen molar-refractivity contribution in [3.8, 4) is 0 Å². The monoisotopic (exact) mass is 240 g/mol. The van der Waals surface area contributed by atoms with Crippen molar-refractivity contribution >= 4 is 39.8 Å². The average Bonchev–Trinajstić information content (AvgIpc) is 2.59. The largest absolute Gasteiger partial charge is 0.397 e. The minimum Gasteiger partial charge on any atom is -0.397 e. The van der Waals surface area contributed by atoms with Gasteiger partial charge < -0.3 is 10.3 Å². The van der Waals surface area contributed by atoms with Crippen molar-refractivity contribution in [1.29, 1.82) is 0 Å². The third-order valence-corrected chi connectivity index (χ3v) is 2.57. The minimum atomic E-state index is 0.270. The number of aromatic nitrogens is 1. The number of allylic oxidation sites excluding steroid dienone is 1. The summed E-state index contributed by atoms with van der Waals surface area (Å²) in [6, 6.07) is 7.85. The summed E-state index contributed by atoms with van der Waals surface area (Å²) in [5.41, 5.74) is 7.68. The lowest BCUT2D eigenvalue weighted by atomic mass is 10.2. The first-order chi connectivity index (χ1) is 7.18. The first kappa shape index (κ1) is 10.4. The summed E-state index contributed by atoms with van der Waals surface area (Å²) in [5.74, 6) is 0. The van der Waals surface area contributed by atoms with E-state index >= 15 is 0 Å². The molecule has 0 fully saturated rings. The third-order valence-electron chi connectivity index (χ3n) is 2.26. The highest BCUT2D eigenvalue weighted by atomic mass is 35.5. The SMILES string of the molecule is Nc1cccc2ccn(CC=C(Cl)Cl)c12. The zero-order valence-corrected chi connectivity index (χ0v) is 9.46. The van der Waals surface area contributed by atoms with Crippen molar-refractivity contribution in [1.82, 2.24) is 4.57 Å². The number of nitrogens with zero attached hydrogens (tertiary/aromatic N) is 1. The zero-order chi connectivity index (χ0) is 10.8. The van der Waals surface area contributed by atoms with E-state index < -0.39 is 0 Å². The van der Waals surface area contributed by atoms with Crippen LogP contribution < -0.4 is 5.73 Å². The molecule has 78 valence electrons. The molecule has 2 aromatic rings. The molecule has 2 N–H and O–H groups in total. The first-order valence-electron chi connectivity index (χ1n) is 4.53. The van der Waals surface area contributed by atoms with Crippen molar-refractivity contribution in [3.63, 3.8) is 0 Å². The molecular weight excluding hydrogens is 231 g/mol. The Morgan fingerprint density at radius 2 is 2.13 bits per heavy atom. The summed E-state index contributed by atoms with van der Waals surface area (Å²) in [6.45, 7) is 0.625. The van der Waals surface area contributed by atoms with Gasteiger partial charge in [0.05, 0.1) is 11.2 Å². The molecule has 0 amide bonds. The molecule has 0 unspecified atom stereocenters. The molecule has 4 heteroatoms. The molecule has 0 saturated heterocycles. The smallest absolute Gasteiger partial charge is 0.104 e. The van der Waals surface area contributed by atoms with Crippen LogP contribution in [-0.2, 0) is 6.54 Å². The molecule has 2 rings (SSSR count). The Morgan fingerprint density at radius 3 is 2.87 bits per heavy atom. The Morgan fingerprint density at radius 1 is 1.33 bits per heavy atom. The van der Waals surface area contributed by atoms with E-state index in [9.17, 15) is 0 Å². The van der Waals surface area contributed by atoms with Gasteiger partial charge in [0.25, 0.3) is 0 Å². The van der Waals surface area contributed by atoms with Crippen molar-refractivity contribution in [3.05, 3.63) is 41.0 Å². The Hall–Kier alpha value is -1.12. The van der Waals surface area contributed by atoms with E-state index in [0.717, 1.165) is 16.6 Å². The van der Waals surface area contributed by atoms with Gasteiger partial charge in [-0.25, -0.2) is 0 Å². The summed E-state index contributed by atoms with van der Waals surface area (Å²) < 4.78 is 2.28. The van der Waals surface area contributed by atoms with Crippen molar-refractivity contribution in [2.45, 2.75) is 6.54 Å². The van der Waals surface area contributed by atoms with Crippen LogP contribution in [0.4, 0.5) is 5.69 Å². The van der Waals surface area contributed by atoms with Gasteiger partial charge in [0.1, 0.15) is 4.49 Å². The minimum absolute atomic E-state index is 0.270. The molecule has 1 aromatic heterocycles. The van der Waals surface area contributed by atoms with E-state index in [1.807, 2.05) is 35.0 Å². The van der Waals surface area contributed by atoms with Gasteiger partial charge in [0.2, 0.25) is 0 Å². The molecule has 0 spiro atoms. The van der Waals surface area contributed by atoms with Crippen molar-refractivity contribution in [2.24, 2.45) is 0 Å². The maximum Gasteiger partial charge on any atom is 0.104 e. The number of nitrogens with two attached hydrogens (primary N) is 1. The molecule has 0 saturated carbocycles. The van der Waals surface area contributed by atoms with Crippen molar-refractivity contribution < 1.29 is 0 Å². The number of anilines is 1. The first-order valence-corrected chi connectivity index (χ1v) is 5.28. The lowest BCUT2D eigenvalue weighted by Crippen LogP contribution is -1.96. The summed E-state index contributed by atoms with van der Waals surface area (Å²) in [6.07, 6.45) is 3.70. The molecule has 1 heterocycles. The van der Waals surface area contributed by atoms with Gasteiger partial charge in [-0.05, 0) is 18.2 Å². The van der Waals surface area contributed by atoms with E-state index in [1.54, 1.807) is 6.08 Å². The van der Waals surface area contributed by atoms with Crippen LogP contribution in [0.15, 0.2) is 41.0 Å². The average molecular weight is 241 g/mol. The number of hydrogen-bond donors (Lipinski definition) is 1. The maximum atomic E-state index is 5.90. The summed E-state index contributed by atoms with van der Waals surface area (Å²) in [4.78, 5) is 0. The number of para-hydroxylation sites is 1. The van der Waals surface area contributed by atoms with Gasteiger partial charge in [-0.3, -0.25) is 0 Å². The standard InChI is InChI=1S/C11H10Cl2N2/c12-10(13)5-7-15-6-4-8-2-1-3-9(14)11(8)15/h1-6H,7,14H2. The molecule has 0 bridgehead atoms. The van der Waals surface area contributed by atoms with E-state index in [0.29, 0.717) is 6.54 Å². The van der Waals surface area contributed by atoms with Crippen LogP contribution >= 0.6 is 23.2 Å². The van der Waals surface area contributed by atoms with Gasteiger partial charge >= 0.3 is 0 Å². The van der Waals surface area contributed by atoms with Gasteiger partial charge in [-0.1, -0.05) is 35.3 Å². The fraction of sp³-hybridized carbons (Fsp3) is 0.0909. The lowest BCUT2D eigenvalue weighted by molar-refractivity contribution is 0.864. The van der Waals surface area contributed by atoms with E-state index in [2.05, 4.69) is 0 Å². The zero-order valence-electron chi connectivity index (χ0n) is 7.95. The van der Waals surface area contributed by atoms with E-state index in [4.69, 9.17) is 28.9 Å². The van der Waals surface area contributed by atoms with Crippen LogP contribution in [0.5, 0.6) is 0 Å². The summed E-state index contributed by atoms with van der Waals surface area (Å²) in [5, 5.41) is 1.12. The molecule has 0 aliphatic carbocycles. The fourth-order valence-corrected chi connectivity index (χ4v) is 1.75. The number of fused-ring (bicyclic) bond motifs is 1. The van der Waals surface area contributed by atoms with Crippen LogP contribution in [0.1, 0.15) is 0 Å².